The van der Waals surface area contributed by atoms with Gasteiger partial charge in [0.2, 0.25) is 21.8 Å². The molecule has 0 fully saturated rings. The number of anilines is 1. The first-order chi connectivity index (χ1) is 19.4. The second-order valence-electron chi connectivity index (χ2n) is 10.1. The van der Waals surface area contributed by atoms with Crippen LogP contribution in [-0.4, -0.2) is 57.1 Å². The summed E-state index contributed by atoms with van der Waals surface area (Å²) >= 11 is 6.21. The third kappa shape index (κ3) is 8.96. The Bertz CT molecular complexity index is 1430. The second-order valence-corrected chi connectivity index (χ2v) is 12.5. The molecule has 0 aliphatic heterocycles. The highest BCUT2D eigenvalue weighted by Crippen LogP contribution is 2.33. The van der Waals surface area contributed by atoms with E-state index in [9.17, 15) is 18.0 Å². The van der Waals surface area contributed by atoms with E-state index in [2.05, 4.69) is 5.32 Å². The molecule has 220 valence electrons. The molecule has 3 rings (SSSR count). The molecule has 0 aliphatic rings. The van der Waals surface area contributed by atoms with Crippen LogP contribution in [0.25, 0.3) is 0 Å². The average molecular weight is 600 g/mol. The van der Waals surface area contributed by atoms with E-state index < -0.39 is 28.5 Å². The number of halogens is 1. The molecule has 0 aliphatic carbocycles. The Hall–Kier alpha value is -3.56. The number of methoxy groups -OCH3 is 1. The van der Waals surface area contributed by atoms with Crippen molar-refractivity contribution in [3.05, 3.63) is 94.5 Å². The maximum absolute atomic E-state index is 14.2. The Morgan fingerprint density at radius 1 is 1.00 bits per heavy atom. The predicted octanol–water partition coefficient (Wildman–Crippen LogP) is 4.98. The highest BCUT2D eigenvalue weighted by atomic mass is 35.5. The van der Waals surface area contributed by atoms with Crippen LogP contribution in [0.1, 0.15) is 37.0 Å². The zero-order valence-corrected chi connectivity index (χ0v) is 25.7. The minimum Gasteiger partial charge on any atom is -0.495 e. The number of carbonyl (C=O) groups is 2. The molecule has 41 heavy (non-hydrogen) atoms. The fraction of sp³-hybridized carbons (Fsp3) is 0.355. The van der Waals surface area contributed by atoms with Crippen molar-refractivity contribution in [2.75, 3.05) is 24.2 Å². The molecule has 3 aromatic rings. The first kappa shape index (κ1) is 32.0. The van der Waals surface area contributed by atoms with Crippen LogP contribution < -0.4 is 14.4 Å². The van der Waals surface area contributed by atoms with Crippen LogP contribution in [0.2, 0.25) is 5.02 Å². The van der Waals surface area contributed by atoms with Crippen LogP contribution in [-0.2, 0) is 32.6 Å². The van der Waals surface area contributed by atoms with Crippen molar-refractivity contribution in [3.63, 3.8) is 0 Å². The number of rotatable bonds is 13. The molecule has 0 unspecified atom stereocenters. The van der Waals surface area contributed by atoms with Crippen LogP contribution >= 0.6 is 11.6 Å². The maximum Gasteiger partial charge on any atom is 0.244 e. The van der Waals surface area contributed by atoms with E-state index in [4.69, 9.17) is 16.3 Å². The standard InChI is InChI=1S/C31H38ClN3O5S/c1-6-23(3)33-31(37)28(18-24-10-8-7-9-11-24)34(20-25-14-12-22(2)13-15-25)30(36)21-35(41(5,38)39)27-19-26(32)16-17-29(27)40-4/h7-17,19,23,28H,6,18,20-21H2,1-5H3,(H,33,37)/t23-,28+/m1/s1. The van der Waals surface area contributed by atoms with E-state index in [0.29, 0.717) is 6.42 Å². The van der Waals surface area contributed by atoms with Gasteiger partial charge in [-0.2, -0.15) is 0 Å². The Labute approximate surface area is 248 Å². The van der Waals surface area contributed by atoms with Crippen molar-refractivity contribution in [1.82, 2.24) is 10.2 Å². The van der Waals surface area contributed by atoms with Gasteiger partial charge in [0.15, 0.2) is 0 Å². The number of sulfonamides is 1. The van der Waals surface area contributed by atoms with Crippen molar-refractivity contribution >= 4 is 39.1 Å². The molecule has 8 nitrogen and oxygen atoms in total. The smallest absolute Gasteiger partial charge is 0.244 e. The summed E-state index contributed by atoms with van der Waals surface area (Å²) in [7, 11) is -2.54. The molecule has 1 N–H and O–H groups in total. The monoisotopic (exact) mass is 599 g/mol. The number of hydrogen-bond acceptors (Lipinski definition) is 5. The van der Waals surface area contributed by atoms with Gasteiger partial charge < -0.3 is 15.0 Å². The summed E-state index contributed by atoms with van der Waals surface area (Å²) in [6.45, 7) is 5.39. The first-order valence-corrected chi connectivity index (χ1v) is 15.7. The van der Waals surface area contributed by atoms with E-state index in [1.165, 1.54) is 18.1 Å². The number of benzene rings is 3. The van der Waals surface area contributed by atoms with Gasteiger partial charge in [0.05, 0.1) is 19.1 Å². The first-order valence-electron chi connectivity index (χ1n) is 13.4. The van der Waals surface area contributed by atoms with Gasteiger partial charge in [-0.25, -0.2) is 8.42 Å². The number of carbonyl (C=O) groups excluding carboxylic acids is 2. The van der Waals surface area contributed by atoms with E-state index >= 15 is 0 Å². The molecule has 0 heterocycles. The molecule has 0 spiro atoms. The topological polar surface area (TPSA) is 96.0 Å². The lowest BCUT2D eigenvalue weighted by Crippen LogP contribution is -2.54. The van der Waals surface area contributed by atoms with Crippen molar-refractivity contribution in [1.29, 1.82) is 0 Å². The van der Waals surface area contributed by atoms with E-state index in [1.54, 1.807) is 12.1 Å². The molecule has 10 heteroatoms. The Kier molecular flexibility index (Phi) is 11.2. The van der Waals surface area contributed by atoms with Gasteiger partial charge in [-0.15, -0.1) is 0 Å². The third-order valence-corrected chi connectivity index (χ3v) is 8.20. The normalized spacial score (nSPS) is 12.7. The number of nitrogens with zero attached hydrogens (tertiary/aromatic N) is 2. The number of ether oxygens (including phenoxy) is 1. The molecule has 0 bridgehead atoms. The zero-order chi connectivity index (χ0) is 30.2. The van der Waals surface area contributed by atoms with Crippen LogP contribution in [0.5, 0.6) is 5.75 Å². The van der Waals surface area contributed by atoms with Gasteiger partial charge in [-0.1, -0.05) is 78.7 Å². The van der Waals surface area contributed by atoms with Crippen molar-refractivity contribution in [3.8, 4) is 5.75 Å². The average Bonchev–Trinajstić information content (AvgIpc) is 2.94. The number of hydrogen-bond donors (Lipinski definition) is 1. The third-order valence-electron chi connectivity index (χ3n) is 6.83. The molecule has 3 aromatic carbocycles. The lowest BCUT2D eigenvalue weighted by molar-refractivity contribution is -0.140. The molecule has 0 aromatic heterocycles. The zero-order valence-electron chi connectivity index (χ0n) is 24.1. The van der Waals surface area contributed by atoms with Gasteiger partial charge in [-0.05, 0) is 49.6 Å². The predicted molar refractivity (Wildman–Crippen MR) is 164 cm³/mol. The van der Waals surface area contributed by atoms with Crippen LogP contribution in [0.3, 0.4) is 0 Å². The Morgan fingerprint density at radius 3 is 2.24 bits per heavy atom. The van der Waals surface area contributed by atoms with E-state index in [1.807, 2.05) is 75.4 Å². The van der Waals surface area contributed by atoms with Gasteiger partial charge in [0.1, 0.15) is 18.3 Å². The molecule has 0 saturated carbocycles. The van der Waals surface area contributed by atoms with Crippen molar-refractivity contribution in [2.45, 2.75) is 52.2 Å². The highest BCUT2D eigenvalue weighted by molar-refractivity contribution is 7.92. The van der Waals surface area contributed by atoms with Crippen LogP contribution in [0, 0.1) is 6.92 Å². The fourth-order valence-corrected chi connectivity index (χ4v) is 5.35. The Morgan fingerprint density at radius 2 is 1.66 bits per heavy atom. The van der Waals surface area contributed by atoms with Crippen molar-refractivity contribution < 1.29 is 22.7 Å². The Balaban J connectivity index is 2.10. The number of amides is 2. The van der Waals surface area contributed by atoms with Gasteiger partial charge in [0.25, 0.3) is 0 Å². The quantitative estimate of drug-likeness (QED) is 0.299. The minimum absolute atomic E-state index is 0.106. The highest BCUT2D eigenvalue weighted by Gasteiger charge is 2.34. The lowest BCUT2D eigenvalue weighted by Gasteiger charge is -2.34. The van der Waals surface area contributed by atoms with E-state index in [-0.39, 0.29) is 41.4 Å². The maximum atomic E-state index is 14.2. The van der Waals surface area contributed by atoms with Gasteiger partial charge in [-0.3, -0.25) is 13.9 Å². The molecular formula is C31H38ClN3O5S. The SMILES string of the molecule is CC[C@@H](C)NC(=O)[C@H](Cc1ccccc1)N(Cc1ccc(C)cc1)C(=O)CN(c1cc(Cl)ccc1OC)S(C)(=O)=O. The molecule has 0 radical (unpaired) electrons. The summed E-state index contributed by atoms with van der Waals surface area (Å²) in [4.78, 5) is 29.4. The van der Waals surface area contributed by atoms with Crippen LogP contribution in [0.4, 0.5) is 5.69 Å². The van der Waals surface area contributed by atoms with Gasteiger partial charge in [0, 0.05) is 24.0 Å². The van der Waals surface area contributed by atoms with E-state index in [0.717, 1.165) is 27.3 Å². The van der Waals surface area contributed by atoms with Crippen molar-refractivity contribution in [2.24, 2.45) is 0 Å². The summed E-state index contributed by atoms with van der Waals surface area (Å²) < 4.78 is 32.4. The molecule has 2 amide bonds. The second kappa shape index (κ2) is 14.4. The number of aryl methyl sites for hydroxylation is 1. The minimum atomic E-state index is -3.96. The summed E-state index contributed by atoms with van der Waals surface area (Å²) in [5.41, 5.74) is 2.87. The summed E-state index contributed by atoms with van der Waals surface area (Å²) in [6.07, 6.45) is 1.98. The largest absolute Gasteiger partial charge is 0.495 e. The summed E-state index contributed by atoms with van der Waals surface area (Å²) in [5, 5.41) is 3.30. The summed E-state index contributed by atoms with van der Waals surface area (Å²) in [6, 6.07) is 20.7. The molecule has 0 saturated heterocycles. The fourth-order valence-electron chi connectivity index (χ4n) is 4.34. The molecular weight excluding hydrogens is 562 g/mol. The lowest BCUT2D eigenvalue weighted by atomic mass is 10.0. The van der Waals surface area contributed by atoms with Crippen LogP contribution in [0.15, 0.2) is 72.8 Å². The summed E-state index contributed by atoms with van der Waals surface area (Å²) in [5.74, 6) is -0.610. The van der Waals surface area contributed by atoms with Gasteiger partial charge >= 0.3 is 0 Å². The number of nitrogens with one attached hydrogen (secondary N) is 1. The molecule has 2 atom stereocenters.